The average molecular weight is 216 g/mol. The molecule has 0 bridgehead atoms. The predicted molar refractivity (Wildman–Crippen MR) is 43.2 cm³/mol. The fourth-order valence-corrected chi connectivity index (χ4v) is 2.71. The fourth-order valence-electron chi connectivity index (χ4n) is 1.29. The summed E-state index contributed by atoms with van der Waals surface area (Å²) in [5, 5.41) is 0. The molecule has 2 nitrogen and oxygen atoms in total. The summed E-state index contributed by atoms with van der Waals surface area (Å²) in [6.45, 7) is 5.77. The molecule has 0 N–H and O–H groups in total. The van der Waals surface area contributed by atoms with Crippen molar-refractivity contribution in [2.45, 2.75) is 38.1 Å². The topological polar surface area (TPSA) is 26.3 Å². The van der Waals surface area contributed by atoms with Gasteiger partial charge in [-0.25, -0.2) is 0 Å². The van der Waals surface area contributed by atoms with Gasteiger partial charge >= 0.3 is 19.8 Å². The molecular formula is C7H16FeO2Si. The van der Waals surface area contributed by atoms with Crippen LogP contribution in [0.2, 0.25) is 13.1 Å². The Balaban J connectivity index is 0.000000461. The average Bonchev–Trinajstić information content (AvgIpc) is 2.10. The SMILES string of the molecule is C[SiH](C)C1CCCCO1.[O]=[Fe]. The quantitative estimate of drug-likeness (QED) is 0.620. The van der Waals surface area contributed by atoms with E-state index in [9.17, 15) is 0 Å². The van der Waals surface area contributed by atoms with Crippen molar-refractivity contribution in [1.82, 2.24) is 0 Å². The maximum absolute atomic E-state index is 8.00. The van der Waals surface area contributed by atoms with Gasteiger partial charge in [-0.1, -0.05) is 13.1 Å². The van der Waals surface area contributed by atoms with Crippen LogP contribution in [0.3, 0.4) is 0 Å². The van der Waals surface area contributed by atoms with Gasteiger partial charge in [0.25, 0.3) is 0 Å². The second-order valence-corrected chi connectivity index (χ2v) is 6.38. The van der Waals surface area contributed by atoms with Crippen molar-refractivity contribution >= 4 is 8.80 Å². The Morgan fingerprint density at radius 1 is 1.36 bits per heavy atom. The Morgan fingerprint density at radius 3 is 2.27 bits per heavy atom. The van der Waals surface area contributed by atoms with Crippen molar-refractivity contribution in [3.63, 3.8) is 0 Å². The minimum atomic E-state index is -0.474. The summed E-state index contributed by atoms with van der Waals surface area (Å²) in [6, 6.07) is 0. The van der Waals surface area contributed by atoms with Crippen molar-refractivity contribution in [3.8, 4) is 0 Å². The molecule has 0 spiro atoms. The molecule has 1 atom stereocenters. The van der Waals surface area contributed by atoms with Gasteiger partial charge in [-0.15, -0.1) is 0 Å². The van der Waals surface area contributed by atoms with E-state index in [1.165, 1.54) is 19.3 Å². The van der Waals surface area contributed by atoms with Gasteiger partial charge in [-0.3, -0.25) is 0 Å². The van der Waals surface area contributed by atoms with Crippen LogP contribution in [0.25, 0.3) is 0 Å². The monoisotopic (exact) mass is 216 g/mol. The Bertz CT molecular complexity index is 94.4. The van der Waals surface area contributed by atoms with Gasteiger partial charge in [-0.05, 0) is 19.3 Å². The molecule has 11 heavy (non-hydrogen) atoms. The van der Waals surface area contributed by atoms with E-state index in [0.29, 0.717) is 5.73 Å². The maximum atomic E-state index is 8.00. The molecule has 0 amide bonds. The van der Waals surface area contributed by atoms with Crippen LogP contribution in [0.15, 0.2) is 0 Å². The van der Waals surface area contributed by atoms with E-state index in [2.05, 4.69) is 13.1 Å². The second-order valence-electron chi connectivity index (χ2n) is 3.15. The summed E-state index contributed by atoms with van der Waals surface area (Å²) >= 11 is 2.00. The van der Waals surface area contributed by atoms with Crippen LogP contribution >= 0.6 is 0 Å². The van der Waals surface area contributed by atoms with Gasteiger partial charge in [0.2, 0.25) is 0 Å². The van der Waals surface area contributed by atoms with Gasteiger partial charge < -0.3 is 4.74 Å². The van der Waals surface area contributed by atoms with Crippen LogP contribution in [0, 0.1) is 0 Å². The third-order valence-corrected chi connectivity index (χ3v) is 3.97. The van der Waals surface area contributed by atoms with Crippen LogP contribution in [0.5, 0.6) is 0 Å². The Morgan fingerprint density at radius 2 is 2.00 bits per heavy atom. The van der Waals surface area contributed by atoms with E-state index in [4.69, 9.17) is 8.57 Å². The van der Waals surface area contributed by atoms with Crippen LogP contribution in [0.4, 0.5) is 0 Å². The van der Waals surface area contributed by atoms with E-state index >= 15 is 0 Å². The fraction of sp³-hybridized carbons (Fsp3) is 1.00. The van der Waals surface area contributed by atoms with E-state index in [1.807, 2.05) is 15.9 Å². The van der Waals surface area contributed by atoms with E-state index in [-0.39, 0.29) is 0 Å². The van der Waals surface area contributed by atoms with Gasteiger partial charge in [0.05, 0.1) is 8.80 Å². The molecule has 1 unspecified atom stereocenters. The summed E-state index contributed by atoms with van der Waals surface area (Å²) in [5.74, 6) is 0. The molecular weight excluding hydrogens is 200 g/mol. The molecule has 0 aromatic rings. The zero-order valence-corrected chi connectivity index (χ0v) is 9.41. The van der Waals surface area contributed by atoms with Crippen LogP contribution in [-0.2, 0) is 24.5 Å². The molecule has 0 aromatic carbocycles. The van der Waals surface area contributed by atoms with E-state index in [0.717, 1.165) is 6.61 Å². The Kier molecular flexibility index (Phi) is 7.49. The molecule has 0 saturated carbocycles. The van der Waals surface area contributed by atoms with Gasteiger partial charge in [0.15, 0.2) is 0 Å². The third-order valence-electron chi connectivity index (χ3n) is 1.96. The Hall–Kier alpha value is 0.496. The molecule has 1 saturated heterocycles. The van der Waals surface area contributed by atoms with Crippen molar-refractivity contribution in [3.05, 3.63) is 0 Å². The third kappa shape index (κ3) is 4.85. The van der Waals surface area contributed by atoms with Crippen molar-refractivity contribution in [1.29, 1.82) is 0 Å². The van der Waals surface area contributed by atoms with Gasteiger partial charge in [-0.2, -0.15) is 0 Å². The molecule has 1 fully saturated rings. The molecule has 4 heteroatoms. The van der Waals surface area contributed by atoms with Crippen molar-refractivity contribution in [2.24, 2.45) is 0 Å². The number of hydrogen-bond donors (Lipinski definition) is 0. The van der Waals surface area contributed by atoms with Crippen LogP contribution in [-0.4, -0.2) is 21.1 Å². The molecule has 1 aliphatic heterocycles. The summed E-state index contributed by atoms with van der Waals surface area (Å²) in [7, 11) is -0.474. The van der Waals surface area contributed by atoms with Crippen LogP contribution < -0.4 is 0 Å². The summed E-state index contributed by atoms with van der Waals surface area (Å²) in [5.41, 5.74) is 0.693. The zero-order chi connectivity index (χ0) is 8.69. The molecule has 1 aliphatic rings. The molecule has 0 radical (unpaired) electrons. The standard InChI is InChI=1S/C7H16OSi.Fe.O/c1-9(2)7-5-3-4-6-8-7;;/h7,9H,3-6H2,1-2H3;;. The zero-order valence-electron chi connectivity index (χ0n) is 7.15. The first-order chi connectivity index (χ1) is 5.30. The van der Waals surface area contributed by atoms with E-state index < -0.39 is 8.80 Å². The Labute approximate surface area is 78.3 Å². The molecule has 1 heterocycles. The van der Waals surface area contributed by atoms with Crippen LogP contribution in [0.1, 0.15) is 19.3 Å². The summed E-state index contributed by atoms with van der Waals surface area (Å²) in [6.07, 6.45) is 4.03. The first-order valence-electron chi connectivity index (χ1n) is 4.06. The first kappa shape index (κ1) is 11.5. The van der Waals surface area contributed by atoms with Crippen molar-refractivity contribution < 1.29 is 24.5 Å². The second kappa shape index (κ2) is 7.16. The number of ether oxygens (including phenoxy) is 1. The molecule has 0 aliphatic carbocycles. The first-order valence-corrected chi connectivity index (χ1v) is 7.49. The summed E-state index contributed by atoms with van der Waals surface area (Å²) in [4.78, 5) is 0. The predicted octanol–water partition coefficient (Wildman–Crippen LogP) is 1.46. The number of hydrogen-bond acceptors (Lipinski definition) is 2. The normalized spacial score (nSPS) is 24.2. The molecule has 68 valence electrons. The number of rotatable bonds is 1. The minimum absolute atomic E-state index is 0.474. The van der Waals surface area contributed by atoms with Crippen molar-refractivity contribution in [2.75, 3.05) is 6.61 Å². The summed E-state index contributed by atoms with van der Waals surface area (Å²) < 4.78 is 13.6. The van der Waals surface area contributed by atoms with Gasteiger partial charge in [0, 0.05) is 12.3 Å². The van der Waals surface area contributed by atoms with Gasteiger partial charge in [0.1, 0.15) is 0 Å². The van der Waals surface area contributed by atoms with E-state index in [1.54, 1.807) is 0 Å². The molecule has 0 aromatic heterocycles. The molecule has 1 rings (SSSR count).